The molecular weight excluding hydrogens is 340 g/mol. The predicted octanol–water partition coefficient (Wildman–Crippen LogP) is 4.72. The van der Waals surface area contributed by atoms with E-state index in [2.05, 4.69) is 10.6 Å². The molecule has 0 aliphatic heterocycles. The summed E-state index contributed by atoms with van der Waals surface area (Å²) in [5, 5.41) is 5.64. The van der Waals surface area contributed by atoms with E-state index in [9.17, 15) is 9.59 Å². The molecule has 5 heteroatoms. The van der Waals surface area contributed by atoms with Gasteiger partial charge in [-0.25, -0.2) is 0 Å². The highest BCUT2D eigenvalue weighted by Crippen LogP contribution is 2.20. The van der Waals surface area contributed by atoms with Gasteiger partial charge in [-0.15, -0.1) is 0 Å². The van der Waals surface area contributed by atoms with E-state index in [0.29, 0.717) is 18.0 Å². The Hall–Kier alpha value is -3.08. The third-order valence-electron chi connectivity index (χ3n) is 3.69. The van der Waals surface area contributed by atoms with Crippen LogP contribution in [-0.4, -0.2) is 18.4 Å². The monoisotopic (exact) mass is 366 g/mol. The minimum Gasteiger partial charge on any atom is -0.494 e. The van der Waals surface area contributed by atoms with Gasteiger partial charge in [-0.05, 0) is 48.9 Å². The molecule has 0 heterocycles. The molecule has 0 aliphatic carbocycles. The molecule has 0 aliphatic rings. The summed E-state index contributed by atoms with van der Waals surface area (Å²) in [6, 6.07) is 14.6. The molecule has 0 saturated carbocycles. The molecule has 0 bridgehead atoms. The second kappa shape index (κ2) is 9.03. The number of hydrogen-bond acceptors (Lipinski definition) is 3. The van der Waals surface area contributed by atoms with Crippen LogP contribution in [0.3, 0.4) is 0 Å². The van der Waals surface area contributed by atoms with Gasteiger partial charge in [-0.3, -0.25) is 9.59 Å². The second-order valence-electron chi connectivity index (χ2n) is 7.11. The van der Waals surface area contributed by atoms with Crippen LogP contribution < -0.4 is 15.4 Å². The summed E-state index contributed by atoms with van der Waals surface area (Å²) in [7, 11) is 0. The minimum atomic E-state index is -0.486. The van der Waals surface area contributed by atoms with Gasteiger partial charge in [-0.1, -0.05) is 39.0 Å². The van der Waals surface area contributed by atoms with E-state index in [4.69, 9.17) is 4.74 Å². The summed E-state index contributed by atoms with van der Waals surface area (Å²) in [6.07, 6.45) is 3.20. The molecule has 2 aromatic rings. The molecular formula is C22H26N2O3. The summed E-state index contributed by atoms with van der Waals surface area (Å²) >= 11 is 0. The average molecular weight is 366 g/mol. The largest absolute Gasteiger partial charge is 0.494 e. The fraction of sp³-hybridized carbons (Fsp3) is 0.273. The fourth-order valence-corrected chi connectivity index (χ4v) is 2.19. The van der Waals surface area contributed by atoms with Gasteiger partial charge in [0.1, 0.15) is 5.75 Å². The minimum absolute atomic E-state index is 0.0821. The van der Waals surface area contributed by atoms with Gasteiger partial charge in [0, 0.05) is 22.9 Å². The zero-order valence-corrected chi connectivity index (χ0v) is 16.2. The molecule has 0 radical (unpaired) electrons. The van der Waals surface area contributed by atoms with Crippen molar-refractivity contribution in [1.29, 1.82) is 0 Å². The molecule has 27 heavy (non-hydrogen) atoms. The van der Waals surface area contributed by atoms with E-state index in [1.54, 1.807) is 30.3 Å². The lowest BCUT2D eigenvalue weighted by Gasteiger charge is -2.18. The van der Waals surface area contributed by atoms with Crippen LogP contribution in [0, 0.1) is 5.41 Å². The number of hydrogen-bond donors (Lipinski definition) is 2. The first kappa shape index (κ1) is 20.2. The summed E-state index contributed by atoms with van der Waals surface area (Å²) in [4.78, 5) is 24.2. The number of anilines is 2. The van der Waals surface area contributed by atoms with Crippen LogP contribution in [0.4, 0.5) is 11.4 Å². The van der Waals surface area contributed by atoms with Crippen molar-refractivity contribution < 1.29 is 14.3 Å². The molecule has 142 valence electrons. The summed E-state index contributed by atoms with van der Waals surface area (Å²) in [5.74, 6) is 0.470. The second-order valence-corrected chi connectivity index (χ2v) is 7.11. The molecule has 2 amide bonds. The zero-order valence-electron chi connectivity index (χ0n) is 16.2. The highest BCUT2D eigenvalue weighted by atomic mass is 16.5. The average Bonchev–Trinajstić information content (AvgIpc) is 2.61. The van der Waals surface area contributed by atoms with Crippen LogP contribution in [0.5, 0.6) is 5.75 Å². The Morgan fingerprint density at radius 1 is 1.00 bits per heavy atom. The van der Waals surface area contributed by atoms with Crippen LogP contribution >= 0.6 is 0 Å². The first-order chi connectivity index (χ1) is 12.8. The highest BCUT2D eigenvalue weighted by molar-refractivity contribution is 6.02. The van der Waals surface area contributed by atoms with Gasteiger partial charge in [-0.2, -0.15) is 0 Å². The normalized spacial score (nSPS) is 11.3. The highest BCUT2D eigenvalue weighted by Gasteiger charge is 2.21. The third kappa shape index (κ3) is 6.62. The van der Waals surface area contributed by atoms with Crippen LogP contribution in [0.25, 0.3) is 6.08 Å². The van der Waals surface area contributed by atoms with Crippen molar-refractivity contribution in [3.8, 4) is 5.75 Å². The standard InChI is InChI=1S/C22H26N2O3/c1-5-27-19-12-9-16(10-13-19)11-14-20(25)23-17-7-6-8-18(15-17)24-21(26)22(2,3)4/h6-15H,5H2,1-4H3,(H,23,25)(H,24,26)/b14-11+. The number of benzene rings is 2. The Morgan fingerprint density at radius 3 is 2.22 bits per heavy atom. The van der Waals surface area contributed by atoms with Crippen molar-refractivity contribution in [2.45, 2.75) is 27.7 Å². The van der Waals surface area contributed by atoms with Crippen molar-refractivity contribution in [3.63, 3.8) is 0 Å². The summed E-state index contributed by atoms with van der Waals surface area (Å²) < 4.78 is 5.39. The van der Waals surface area contributed by atoms with Gasteiger partial charge in [0.2, 0.25) is 11.8 Å². The lowest BCUT2D eigenvalue weighted by molar-refractivity contribution is -0.123. The molecule has 0 saturated heterocycles. The Bertz CT molecular complexity index is 818. The lowest BCUT2D eigenvalue weighted by Crippen LogP contribution is -2.27. The first-order valence-electron chi connectivity index (χ1n) is 8.91. The maximum atomic E-state index is 12.1. The molecule has 0 aromatic heterocycles. The molecule has 2 rings (SSSR count). The number of amides is 2. The number of rotatable bonds is 6. The fourth-order valence-electron chi connectivity index (χ4n) is 2.19. The number of carbonyl (C=O) groups is 2. The molecule has 0 unspecified atom stereocenters. The number of ether oxygens (including phenoxy) is 1. The van der Waals surface area contributed by atoms with E-state index >= 15 is 0 Å². The van der Waals surface area contributed by atoms with Gasteiger partial charge < -0.3 is 15.4 Å². The van der Waals surface area contributed by atoms with Crippen molar-refractivity contribution in [2.24, 2.45) is 5.41 Å². The van der Waals surface area contributed by atoms with E-state index in [0.717, 1.165) is 11.3 Å². The number of nitrogens with one attached hydrogen (secondary N) is 2. The van der Waals surface area contributed by atoms with Crippen molar-refractivity contribution in [1.82, 2.24) is 0 Å². The Labute approximate surface area is 160 Å². The Balaban J connectivity index is 1.97. The van der Waals surface area contributed by atoms with E-state index in [-0.39, 0.29) is 11.8 Å². The van der Waals surface area contributed by atoms with Gasteiger partial charge in [0.15, 0.2) is 0 Å². The van der Waals surface area contributed by atoms with Crippen LogP contribution in [0.15, 0.2) is 54.6 Å². The van der Waals surface area contributed by atoms with Crippen molar-refractivity contribution in [3.05, 3.63) is 60.2 Å². The van der Waals surface area contributed by atoms with Crippen LogP contribution in [0.1, 0.15) is 33.3 Å². The van der Waals surface area contributed by atoms with Crippen LogP contribution in [-0.2, 0) is 9.59 Å². The van der Waals surface area contributed by atoms with Gasteiger partial charge in [0.05, 0.1) is 6.61 Å². The smallest absolute Gasteiger partial charge is 0.248 e. The Kier molecular flexibility index (Phi) is 6.77. The molecule has 2 N–H and O–H groups in total. The summed E-state index contributed by atoms with van der Waals surface area (Å²) in [6.45, 7) is 8.09. The van der Waals surface area contributed by atoms with E-state index in [1.807, 2.05) is 52.0 Å². The molecule has 0 spiro atoms. The Morgan fingerprint density at radius 2 is 1.63 bits per heavy atom. The predicted molar refractivity (Wildman–Crippen MR) is 110 cm³/mol. The van der Waals surface area contributed by atoms with E-state index in [1.165, 1.54) is 6.08 Å². The maximum absolute atomic E-state index is 12.1. The third-order valence-corrected chi connectivity index (χ3v) is 3.69. The SMILES string of the molecule is CCOc1ccc(/C=C/C(=O)Nc2cccc(NC(=O)C(C)(C)C)c2)cc1. The topological polar surface area (TPSA) is 67.4 Å². The molecule has 2 aromatic carbocycles. The van der Waals surface area contributed by atoms with E-state index < -0.39 is 5.41 Å². The molecule has 0 atom stereocenters. The quantitative estimate of drug-likeness (QED) is 0.727. The molecule has 5 nitrogen and oxygen atoms in total. The van der Waals surface area contributed by atoms with Crippen molar-refractivity contribution in [2.75, 3.05) is 17.2 Å². The molecule has 0 fully saturated rings. The van der Waals surface area contributed by atoms with Crippen molar-refractivity contribution >= 4 is 29.3 Å². The van der Waals surface area contributed by atoms with Gasteiger partial charge in [0.25, 0.3) is 0 Å². The number of carbonyl (C=O) groups excluding carboxylic acids is 2. The van der Waals surface area contributed by atoms with Crippen LogP contribution in [0.2, 0.25) is 0 Å². The summed E-state index contributed by atoms with van der Waals surface area (Å²) in [5.41, 5.74) is 1.67. The lowest BCUT2D eigenvalue weighted by atomic mass is 9.95. The van der Waals surface area contributed by atoms with Gasteiger partial charge >= 0.3 is 0 Å². The maximum Gasteiger partial charge on any atom is 0.248 e. The first-order valence-corrected chi connectivity index (χ1v) is 8.91. The zero-order chi connectivity index (χ0) is 19.9.